The van der Waals surface area contributed by atoms with Gasteiger partial charge in [0.05, 0.1) is 6.20 Å². The van der Waals surface area contributed by atoms with Crippen LogP contribution in [0.1, 0.15) is 23.8 Å². The zero-order chi connectivity index (χ0) is 12.4. The summed E-state index contributed by atoms with van der Waals surface area (Å²) in [4.78, 5) is 17.7. The van der Waals surface area contributed by atoms with Gasteiger partial charge in [0.2, 0.25) is 0 Å². The average Bonchev–Trinajstić information content (AvgIpc) is 2.70. The highest BCUT2D eigenvalue weighted by atomic mass is 35.5. The van der Waals surface area contributed by atoms with Gasteiger partial charge in [0.25, 0.3) is 5.91 Å². The van der Waals surface area contributed by atoms with Crippen molar-refractivity contribution >= 4 is 17.5 Å². The van der Waals surface area contributed by atoms with Gasteiger partial charge in [-0.05, 0) is 24.5 Å². The molecule has 0 saturated carbocycles. The molecule has 1 aromatic heterocycles. The lowest BCUT2D eigenvalue weighted by Crippen LogP contribution is -2.39. The van der Waals surface area contributed by atoms with E-state index in [0.29, 0.717) is 18.3 Å². The predicted octanol–water partition coefficient (Wildman–Crippen LogP) is 2.31. The van der Waals surface area contributed by atoms with Gasteiger partial charge in [-0.1, -0.05) is 6.92 Å². The minimum Gasteiger partial charge on any atom is -0.333 e. The molecule has 0 bridgehead atoms. The van der Waals surface area contributed by atoms with Crippen LogP contribution < -0.4 is 0 Å². The second kappa shape index (κ2) is 5.00. The highest BCUT2D eigenvalue weighted by Gasteiger charge is 2.34. The van der Waals surface area contributed by atoms with Crippen LogP contribution >= 0.6 is 11.6 Å². The lowest BCUT2D eigenvalue weighted by molar-refractivity contribution is 0.0731. The molecular formula is C12H14ClFN2O. The van der Waals surface area contributed by atoms with Crippen LogP contribution in [0.4, 0.5) is 4.39 Å². The van der Waals surface area contributed by atoms with Gasteiger partial charge in [0, 0.05) is 18.5 Å². The zero-order valence-corrected chi connectivity index (χ0v) is 10.3. The summed E-state index contributed by atoms with van der Waals surface area (Å²) >= 11 is 5.88. The molecule has 0 aromatic carbocycles. The summed E-state index contributed by atoms with van der Waals surface area (Å²) in [6.45, 7) is 2.77. The second-order valence-electron chi connectivity index (χ2n) is 4.35. The Labute approximate surface area is 105 Å². The lowest BCUT2D eigenvalue weighted by atomic mass is 10.1. The highest BCUT2D eigenvalue weighted by Crippen LogP contribution is 2.26. The number of rotatable bonds is 2. The Morgan fingerprint density at radius 1 is 1.65 bits per heavy atom. The maximum absolute atomic E-state index is 12.7. The van der Waals surface area contributed by atoms with E-state index < -0.39 is 5.82 Å². The Kier molecular flexibility index (Phi) is 3.62. The fraction of sp³-hybridized carbons (Fsp3) is 0.500. The van der Waals surface area contributed by atoms with Crippen LogP contribution in [-0.2, 0) is 0 Å². The molecule has 0 N–H and O–H groups in total. The number of amides is 1. The predicted molar refractivity (Wildman–Crippen MR) is 63.5 cm³/mol. The third-order valence-corrected chi connectivity index (χ3v) is 3.56. The van der Waals surface area contributed by atoms with E-state index >= 15 is 0 Å². The third kappa shape index (κ3) is 2.41. The number of hydrogen-bond acceptors (Lipinski definition) is 2. The van der Waals surface area contributed by atoms with Crippen molar-refractivity contribution in [1.29, 1.82) is 0 Å². The monoisotopic (exact) mass is 256 g/mol. The molecule has 2 unspecified atom stereocenters. The van der Waals surface area contributed by atoms with Gasteiger partial charge in [-0.3, -0.25) is 4.79 Å². The van der Waals surface area contributed by atoms with E-state index in [4.69, 9.17) is 11.6 Å². The molecule has 1 fully saturated rings. The van der Waals surface area contributed by atoms with Crippen molar-refractivity contribution in [3.8, 4) is 0 Å². The zero-order valence-electron chi connectivity index (χ0n) is 9.57. The average molecular weight is 257 g/mol. The number of likely N-dealkylation sites (tertiary alicyclic amines) is 1. The van der Waals surface area contributed by atoms with Crippen molar-refractivity contribution in [2.24, 2.45) is 5.92 Å². The second-order valence-corrected chi connectivity index (χ2v) is 4.66. The van der Waals surface area contributed by atoms with E-state index in [9.17, 15) is 9.18 Å². The fourth-order valence-corrected chi connectivity index (χ4v) is 2.62. The van der Waals surface area contributed by atoms with Crippen LogP contribution in [-0.4, -0.2) is 34.3 Å². The number of alkyl halides is 1. The number of nitrogens with zero attached hydrogens (tertiary/aromatic N) is 2. The van der Waals surface area contributed by atoms with Crippen LogP contribution in [0.3, 0.4) is 0 Å². The quantitative estimate of drug-likeness (QED) is 0.761. The molecular weight excluding hydrogens is 243 g/mol. The van der Waals surface area contributed by atoms with Gasteiger partial charge >= 0.3 is 0 Å². The van der Waals surface area contributed by atoms with E-state index in [1.807, 2.05) is 0 Å². The van der Waals surface area contributed by atoms with Crippen molar-refractivity contribution in [2.45, 2.75) is 19.4 Å². The van der Waals surface area contributed by atoms with Gasteiger partial charge in [0.15, 0.2) is 0 Å². The Morgan fingerprint density at radius 2 is 2.41 bits per heavy atom. The summed E-state index contributed by atoms with van der Waals surface area (Å²) in [5.74, 6) is 0.218. The first-order chi connectivity index (χ1) is 8.13. The standard InChI is InChI=1S/C12H14ClFN2O/c1-8-4-5-16(11(8)6-13)12(17)10-3-2-9(14)7-15-10/h2-3,7-8,11H,4-6H2,1H3. The van der Waals surface area contributed by atoms with Crippen LogP contribution in [0.15, 0.2) is 18.3 Å². The molecule has 3 nitrogen and oxygen atoms in total. The number of pyridine rings is 1. The number of aromatic nitrogens is 1. The van der Waals surface area contributed by atoms with Crippen molar-refractivity contribution in [3.63, 3.8) is 0 Å². The smallest absolute Gasteiger partial charge is 0.272 e. The molecule has 2 rings (SSSR count). The summed E-state index contributed by atoms with van der Waals surface area (Å²) in [5, 5.41) is 0. The topological polar surface area (TPSA) is 33.2 Å². The first-order valence-electron chi connectivity index (χ1n) is 5.62. The van der Waals surface area contributed by atoms with Gasteiger partial charge in [0.1, 0.15) is 11.5 Å². The molecule has 0 aliphatic carbocycles. The molecule has 5 heteroatoms. The van der Waals surface area contributed by atoms with E-state index in [1.165, 1.54) is 12.1 Å². The first kappa shape index (κ1) is 12.3. The fourth-order valence-electron chi connectivity index (χ4n) is 2.15. The van der Waals surface area contributed by atoms with E-state index in [-0.39, 0.29) is 17.6 Å². The third-order valence-electron chi connectivity index (χ3n) is 3.25. The summed E-state index contributed by atoms with van der Waals surface area (Å²) < 4.78 is 12.7. The minimum absolute atomic E-state index is 0.0519. The van der Waals surface area contributed by atoms with Crippen LogP contribution in [0.25, 0.3) is 0 Å². The molecule has 1 aliphatic heterocycles. The number of hydrogen-bond donors (Lipinski definition) is 0. The van der Waals surface area contributed by atoms with E-state index in [2.05, 4.69) is 11.9 Å². The van der Waals surface area contributed by atoms with Crippen molar-refractivity contribution in [3.05, 3.63) is 29.8 Å². The number of carbonyl (C=O) groups excluding carboxylic acids is 1. The Bertz CT molecular complexity index is 409. The number of carbonyl (C=O) groups is 1. The van der Waals surface area contributed by atoms with Gasteiger partial charge < -0.3 is 4.90 Å². The lowest BCUT2D eigenvalue weighted by Gasteiger charge is -2.24. The Hall–Kier alpha value is -1.16. The molecule has 2 heterocycles. The summed E-state index contributed by atoms with van der Waals surface area (Å²) in [5.41, 5.74) is 0.274. The largest absolute Gasteiger partial charge is 0.333 e. The highest BCUT2D eigenvalue weighted by molar-refractivity contribution is 6.18. The molecule has 1 aliphatic rings. The maximum atomic E-state index is 12.7. The van der Waals surface area contributed by atoms with Gasteiger partial charge in [-0.25, -0.2) is 9.37 Å². The minimum atomic E-state index is -0.440. The van der Waals surface area contributed by atoms with Crippen LogP contribution in [0.5, 0.6) is 0 Å². The van der Waals surface area contributed by atoms with Crippen LogP contribution in [0.2, 0.25) is 0 Å². The Morgan fingerprint density at radius 3 is 3.00 bits per heavy atom. The van der Waals surface area contributed by atoms with E-state index in [1.54, 1.807) is 4.90 Å². The molecule has 1 saturated heterocycles. The summed E-state index contributed by atoms with van der Waals surface area (Å²) in [6.07, 6.45) is 2.01. The van der Waals surface area contributed by atoms with E-state index in [0.717, 1.165) is 12.6 Å². The summed E-state index contributed by atoms with van der Waals surface area (Å²) in [6, 6.07) is 2.71. The molecule has 92 valence electrons. The van der Waals surface area contributed by atoms with Crippen molar-refractivity contribution < 1.29 is 9.18 Å². The Balaban J connectivity index is 2.17. The molecule has 0 radical (unpaired) electrons. The van der Waals surface area contributed by atoms with Gasteiger partial charge in [-0.2, -0.15) is 0 Å². The summed E-state index contributed by atoms with van der Waals surface area (Å²) in [7, 11) is 0. The molecule has 1 aromatic rings. The van der Waals surface area contributed by atoms with Crippen molar-refractivity contribution in [2.75, 3.05) is 12.4 Å². The molecule has 17 heavy (non-hydrogen) atoms. The normalized spacial score (nSPS) is 24.1. The first-order valence-corrected chi connectivity index (χ1v) is 6.15. The maximum Gasteiger partial charge on any atom is 0.272 e. The molecule has 1 amide bonds. The number of halogens is 2. The molecule has 0 spiro atoms. The van der Waals surface area contributed by atoms with Gasteiger partial charge in [-0.15, -0.1) is 11.6 Å². The van der Waals surface area contributed by atoms with Crippen LogP contribution in [0, 0.1) is 11.7 Å². The molecule has 2 atom stereocenters. The van der Waals surface area contributed by atoms with Crippen molar-refractivity contribution in [1.82, 2.24) is 9.88 Å². The SMILES string of the molecule is CC1CCN(C(=O)c2ccc(F)cn2)C1CCl.